The molecule has 0 bridgehead atoms. The Hall–Kier alpha value is -13.7. The largest absolute Gasteiger partial charge is 0.309 e. The molecule has 6 heteroatoms. The molecule has 0 radical (unpaired) electrons. The van der Waals surface area contributed by atoms with Crippen LogP contribution in [0.3, 0.4) is 0 Å². The van der Waals surface area contributed by atoms with E-state index in [-0.39, 0.29) is 0 Å². The second-order valence-electron chi connectivity index (χ2n) is 27.1. The van der Waals surface area contributed by atoms with Crippen LogP contribution in [-0.2, 0) is 0 Å². The lowest BCUT2D eigenvalue weighted by atomic mass is 9.92. The summed E-state index contributed by atoms with van der Waals surface area (Å²) >= 11 is 0. The van der Waals surface area contributed by atoms with Crippen molar-refractivity contribution in [3.05, 3.63) is 364 Å². The van der Waals surface area contributed by atoms with Crippen molar-refractivity contribution in [2.24, 2.45) is 0 Å². The van der Waals surface area contributed by atoms with Gasteiger partial charge in [0.15, 0.2) is 0 Å². The first-order valence-electron chi connectivity index (χ1n) is 35.1. The summed E-state index contributed by atoms with van der Waals surface area (Å²) in [5.74, 6) is 0. The molecule has 0 aliphatic carbocycles. The minimum Gasteiger partial charge on any atom is -0.309 e. The van der Waals surface area contributed by atoms with Gasteiger partial charge in [0.05, 0.1) is 66.2 Å². The van der Waals surface area contributed by atoms with E-state index in [1.807, 2.05) is 0 Å². The van der Waals surface area contributed by atoms with Crippen molar-refractivity contribution in [2.45, 2.75) is 0 Å². The van der Waals surface area contributed by atoms with Crippen molar-refractivity contribution in [3.63, 3.8) is 0 Å². The van der Waals surface area contributed by atoms with Crippen LogP contribution in [0.4, 0.5) is 0 Å². The van der Waals surface area contributed by atoms with Gasteiger partial charge in [-0.3, -0.25) is 0 Å². The van der Waals surface area contributed by atoms with Crippen LogP contribution in [0, 0.1) is 0 Å². The summed E-state index contributed by atoms with van der Waals surface area (Å²) in [7, 11) is 0. The normalized spacial score (nSPS) is 12.1. The van der Waals surface area contributed by atoms with E-state index in [0.717, 1.165) is 89.6 Å². The van der Waals surface area contributed by atoms with Crippen molar-refractivity contribution in [2.75, 3.05) is 0 Å². The molecule has 6 aromatic heterocycles. The van der Waals surface area contributed by atoms with Crippen LogP contribution in [0.15, 0.2) is 364 Å². The minimum atomic E-state index is 1.09. The van der Waals surface area contributed by atoms with Crippen LogP contribution >= 0.6 is 0 Å². The summed E-state index contributed by atoms with van der Waals surface area (Å²) in [6, 6.07) is 135. The zero-order chi connectivity index (χ0) is 66.7. The Balaban J connectivity index is 0.778. The van der Waals surface area contributed by atoms with Crippen LogP contribution < -0.4 is 0 Å². The van der Waals surface area contributed by atoms with Crippen molar-refractivity contribution >= 4 is 131 Å². The van der Waals surface area contributed by atoms with Crippen LogP contribution in [-0.4, -0.2) is 27.4 Å². The fourth-order valence-electron chi connectivity index (χ4n) is 17.5. The molecule has 0 amide bonds. The number of hydrogen-bond acceptors (Lipinski definition) is 0. The highest BCUT2D eigenvalue weighted by molar-refractivity contribution is 6.28. The Bertz CT molecular complexity index is 6940. The molecule has 0 N–H and O–H groups in total. The molecule has 0 aliphatic heterocycles. The predicted molar refractivity (Wildman–Crippen MR) is 429 cm³/mol. The standard InChI is InChI=1S/C96H60N6/c1-4-28-67(29-5-1)98-84-43-16-10-37-73(84)78-53-54-90-91(92(78)98)83-42-15-21-48-89(83)97(90)70-34-22-25-61(58-70)64-55-65(62-26-23-35-71(59-62)101-87-46-19-13-40-76(87)81-51-49-79-74-38-11-17-44-85(74)99(93(79)95(81)101)68-30-6-2-7-31-68)57-66(56-64)63-27-24-36-72(60-63)102-88-47-20-14-41-77(88)82-52-50-80-75-39-12-18-45-86(75)100(94(80)96(82)102)69-32-8-3-9-33-69/h1-60H. The van der Waals surface area contributed by atoms with Gasteiger partial charge in [-0.05, 0) is 167 Å². The van der Waals surface area contributed by atoms with Crippen LogP contribution in [0.1, 0.15) is 0 Å². The highest BCUT2D eigenvalue weighted by atomic mass is 15.1. The molecule has 0 atom stereocenters. The lowest BCUT2D eigenvalue weighted by Crippen LogP contribution is -1.99. The fourth-order valence-corrected chi connectivity index (χ4v) is 17.5. The smallest absolute Gasteiger partial charge is 0.0788 e. The first-order valence-corrected chi connectivity index (χ1v) is 35.1. The SMILES string of the molecule is c1ccc(-n2c3ccccc3c3ccc4c(c5ccccc5n4-c4cccc(-c5cc(-c6cccc(-n7c8ccccc8c8ccc9c%10ccccc%10n(-c%10ccccc%10)c9c87)c6)cc(-c6cccc(-n7c8ccccc8c8ccc9c%10ccccc%10n(-c%10ccccc%10)c9c87)c6)c5)c4)c32)cc1. The van der Waals surface area contributed by atoms with E-state index in [1.54, 1.807) is 0 Å². The molecule has 16 aromatic carbocycles. The molecule has 0 unspecified atom stereocenters. The van der Waals surface area contributed by atoms with Crippen LogP contribution in [0.25, 0.3) is 198 Å². The number of rotatable bonds is 9. The highest BCUT2D eigenvalue weighted by Gasteiger charge is 2.26. The maximum Gasteiger partial charge on any atom is 0.0788 e. The van der Waals surface area contributed by atoms with Gasteiger partial charge in [0.1, 0.15) is 0 Å². The monoisotopic (exact) mass is 1300 g/mol. The van der Waals surface area contributed by atoms with E-state index in [2.05, 4.69) is 391 Å². The van der Waals surface area contributed by atoms with Gasteiger partial charge in [0.2, 0.25) is 0 Å². The van der Waals surface area contributed by atoms with Gasteiger partial charge < -0.3 is 27.4 Å². The number of benzene rings is 16. The molecule has 0 fully saturated rings. The average Bonchev–Trinajstić information content (AvgIpc) is 1.55. The third kappa shape index (κ3) is 8.17. The van der Waals surface area contributed by atoms with Gasteiger partial charge in [0, 0.05) is 98.8 Å². The fraction of sp³-hybridized carbons (Fsp3) is 0. The molecule has 102 heavy (non-hydrogen) atoms. The Morgan fingerprint density at radius 1 is 0.127 bits per heavy atom. The van der Waals surface area contributed by atoms with Crippen molar-refractivity contribution in [1.29, 1.82) is 0 Å². The van der Waals surface area contributed by atoms with Crippen LogP contribution in [0.2, 0.25) is 0 Å². The number of para-hydroxylation sites is 9. The van der Waals surface area contributed by atoms with E-state index in [1.165, 1.54) is 109 Å². The summed E-state index contributed by atoms with van der Waals surface area (Å²) in [4.78, 5) is 0. The van der Waals surface area contributed by atoms with Gasteiger partial charge in [-0.1, -0.05) is 231 Å². The second-order valence-corrected chi connectivity index (χ2v) is 27.1. The molecular weight excluding hydrogens is 1240 g/mol. The van der Waals surface area contributed by atoms with E-state index >= 15 is 0 Å². The van der Waals surface area contributed by atoms with Gasteiger partial charge in [-0.15, -0.1) is 0 Å². The molecule has 0 saturated carbocycles. The summed E-state index contributed by atoms with van der Waals surface area (Å²) < 4.78 is 14.9. The molecule has 6 heterocycles. The number of aromatic nitrogens is 6. The van der Waals surface area contributed by atoms with Gasteiger partial charge in [-0.25, -0.2) is 0 Å². The van der Waals surface area contributed by atoms with Gasteiger partial charge >= 0.3 is 0 Å². The van der Waals surface area contributed by atoms with Crippen molar-refractivity contribution in [1.82, 2.24) is 27.4 Å². The van der Waals surface area contributed by atoms with E-state index in [4.69, 9.17) is 0 Å². The molecule has 474 valence electrons. The lowest BCUT2D eigenvalue weighted by molar-refractivity contribution is 1.15. The van der Waals surface area contributed by atoms with Crippen molar-refractivity contribution < 1.29 is 0 Å². The number of nitrogens with zero attached hydrogens (tertiary/aromatic N) is 6. The first kappa shape index (κ1) is 56.3. The molecular formula is C96H60N6. The van der Waals surface area contributed by atoms with Crippen molar-refractivity contribution in [3.8, 4) is 67.5 Å². The molecule has 22 rings (SSSR count). The summed E-state index contributed by atoms with van der Waals surface area (Å²) in [6.07, 6.45) is 0. The Morgan fingerprint density at radius 2 is 0.373 bits per heavy atom. The third-order valence-electron chi connectivity index (χ3n) is 21.7. The average molecular weight is 1300 g/mol. The Labute approximate surface area is 586 Å². The lowest BCUT2D eigenvalue weighted by Gasteiger charge is -2.16. The van der Waals surface area contributed by atoms with Gasteiger partial charge in [-0.2, -0.15) is 0 Å². The van der Waals surface area contributed by atoms with E-state index < -0.39 is 0 Å². The summed E-state index contributed by atoms with van der Waals surface area (Å²) in [5, 5.41) is 14.7. The topological polar surface area (TPSA) is 29.6 Å². The Kier molecular flexibility index (Phi) is 12.1. The molecule has 6 nitrogen and oxygen atoms in total. The molecule has 22 aromatic rings. The highest BCUT2D eigenvalue weighted by Crippen LogP contribution is 2.47. The third-order valence-corrected chi connectivity index (χ3v) is 21.7. The molecule has 0 spiro atoms. The second kappa shape index (κ2) is 21.9. The first-order chi connectivity index (χ1) is 50.6. The zero-order valence-electron chi connectivity index (χ0n) is 55.3. The predicted octanol–water partition coefficient (Wildman–Crippen LogP) is 25.3. The zero-order valence-corrected chi connectivity index (χ0v) is 55.3. The summed E-state index contributed by atoms with van der Waals surface area (Å²) in [5.41, 5.74) is 27.4. The number of fused-ring (bicyclic) bond motifs is 21. The summed E-state index contributed by atoms with van der Waals surface area (Å²) in [6.45, 7) is 0. The maximum absolute atomic E-state index is 2.52. The quantitative estimate of drug-likeness (QED) is 0.138. The van der Waals surface area contributed by atoms with Crippen LogP contribution in [0.5, 0.6) is 0 Å². The maximum atomic E-state index is 2.52. The number of hydrogen-bond donors (Lipinski definition) is 0. The van der Waals surface area contributed by atoms with E-state index in [9.17, 15) is 0 Å². The Morgan fingerprint density at radius 3 is 0.716 bits per heavy atom. The molecule has 0 saturated heterocycles. The molecule has 0 aliphatic rings. The van der Waals surface area contributed by atoms with E-state index in [0.29, 0.717) is 0 Å². The minimum absolute atomic E-state index is 1.09. The van der Waals surface area contributed by atoms with Gasteiger partial charge in [0.25, 0.3) is 0 Å².